The number of alkyl carbamates (subject to hydrolysis) is 1. The molecule has 2 aromatic carbocycles. The average Bonchev–Trinajstić information content (AvgIpc) is 3.87. The second-order valence-electron chi connectivity index (χ2n) is 13.1. The fraction of sp³-hybridized carbons (Fsp3) is 0.459. The molecule has 13 nitrogen and oxygen atoms in total. The van der Waals surface area contributed by atoms with Crippen molar-refractivity contribution in [2.75, 3.05) is 38.2 Å². The summed E-state index contributed by atoms with van der Waals surface area (Å²) in [4.78, 5) is 50.2. The maximum absolute atomic E-state index is 13.3. The summed E-state index contributed by atoms with van der Waals surface area (Å²) in [6.07, 6.45) is 8.33. The number of hydrogen-bond acceptors (Lipinski definition) is 9. The number of alkyl halides is 1. The molecular weight excluding hydrogens is 770 g/mol. The number of aliphatic carboxylic acids is 1. The number of anilines is 2. The van der Waals surface area contributed by atoms with E-state index in [-0.39, 0.29) is 47.2 Å². The topological polar surface area (TPSA) is 184 Å². The molecule has 2 saturated heterocycles. The molecule has 2 fully saturated rings. The first-order valence-corrected chi connectivity index (χ1v) is 18.4. The molecule has 0 spiro atoms. The van der Waals surface area contributed by atoms with E-state index in [2.05, 4.69) is 16.9 Å². The summed E-state index contributed by atoms with van der Waals surface area (Å²) in [6, 6.07) is 4.74. The first-order chi connectivity index (χ1) is 25.4. The molecule has 3 heterocycles. The molecule has 0 aliphatic carbocycles. The Morgan fingerprint density at radius 1 is 1.19 bits per heavy atom. The first-order valence-electron chi connectivity index (χ1n) is 16.9. The molecule has 3 aliphatic heterocycles. The van der Waals surface area contributed by atoms with E-state index in [4.69, 9.17) is 48.3 Å². The Morgan fingerprint density at radius 3 is 2.52 bits per heavy atom. The summed E-state index contributed by atoms with van der Waals surface area (Å²) >= 11 is 17.0. The SMILES string of the molecule is CCl.COc1cc2cc(c1Cl)N(C)C(=O)CCC1OC1CC1C[C@](O)(C/C=C/C=C(\C)C2)NC(=O)O1.C[C@@H](C(=O)O)N(C)C(=O)c1cc(F)c(N)cc1Cl. The van der Waals surface area contributed by atoms with E-state index in [9.17, 15) is 28.7 Å². The minimum atomic E-state index is -1.37. The number of carboxylic acid groups (broad SMARTS) is 1. The number of epoxide rings is 1. The number of amides is 3. The van der Waals surface area contributed by atoms with Crippen molar-refractivity contribution in [3.05, 3.63) is 75.1 Å². The number of nitrogens with one attached hydrogen (secondary N) is 1. The number of ether oxygens (including phenoxy) is 3. The number of methoxy groups -OCH3 is 1. The normalized spacial score (nSPS) is 24.6. The van der Waals surface area contributed by atoms with Gasteiger partial charge in [-0.05, 0) is 56.5 Å². The second-order valence-corrected chi connectivity index (χ2v) is 13.9. The molecule has 0 aromatic heterocycles. The number of carbonyl (C=O) groups excluding carboxylic acids is 3. The molecule has 0 radical (unpaired) electrons. The third-order valence-electron chi connectivity index (χ3n) is 9.07. The van der Waals surface area contributed by atoms with E-state index in [1.807, 2.05) is 37.3 Å². The van der Waals surface area contributed by atoms with E-state index >= 15 is 0 Å². The number of likely N-dealkylation sites (N-methyl/N-ethyl adjacent to an activating group) is 1. The van der Waals surface area contributed by atoms with Crippen LogP contribution in [0.25, 0.3) is 0 Å². The van der Waals surface area contributed by atoms with Gasteiger partial charge in [-0.25, -0.2) is 14.0 Å². The van der Waals surface area contributed by atoms with Gasteiger partial charge in [0.05, 0.1) is 41.3 Å². The van der Waals surface area contributed by atoms with Crippen molar-refractivity contribution in [1.29, 1.82) is 0 Å². The zero-order valence-corrected chi connectivity index (χ0v) is 33.1. The van der Waals surface area contributed by atoms with Crippen LogP contribution in [0.5, 0.6) is 5.75 Å². The summed E-state index contributed by atoms with van der Waals surface area (Å²) in [5, 5.41) is 22.6. The Bertz CT molecular complexity index is 1780. The van der Waals surface area contributed by atoms with Crippen LogP contribution in [-0.4, -0.2) is 96.7 Å². The van der Waals surface area contributed by atoms with Gasteiger partial charge in [0.25, 0.3) is 5.91 Å². The third-order valence-corrected chi connectivity index (χ3v) is 9.76. The second kappa shape index (κ2) is 19.5. The summed E-state index contributed by atoms with van der Waals surface area (Å²) in [7, 11) is 4.56. The summed E-state index contributed by atoms with van der Waals surface area (Å²) in [5.74, 6) is -2.20. The molecule has 3 unspecified atom stereocenters. The number of hydrogen-bond donors (Lipinski definition) is 4. The van der Waals surface area contributed by atoms with Crippen LogP contribution in [0.15, 0.2) is 48.1 Å². The molecule has 296 valence electrons. The number of halogens is 4. The van der Waals surface area contributed by atoms with Gasteiger partial charge in [-0.2, -0.15) is 0 Å². The molecule has 17 heteroatoms. The predicted molar refractivity (Wildman–Crippen MR) is 205 cm³/mol. The third kappa shape index (κ3) is 11.7. The zero-order valence-electron chi connectivity index (χ0n) is 30.8. The van der Waals surface area contributed by atoms with Crippen molar-refractivity contribution in [3.8, 4) is 5.75 Å². The van der Waals surface area contributed by atoms with Gasteiger partial charge < -0.3 is 40.0 Å². The number of benzene rings is 2. The number of aliphatic hydroxyl groups is 1. The minimum Gasteiger partial charge on any atom is -0.495 e. The van der Waals surface area contributed by atoms with E-state index < -0.39 is 41.7 Å². The Balaban J connectivity index is 0.000000332. The molecule has 5 N–H and O–H groups in total. The van der Waals surface area contributed by atoms with Crippen molar-refractivity contribution >= 4 is 70.1 Å². The molecule has 3 amide bonds. The van der Waals surface area contributed by atoms with Crippen molar-refractivity contribution in [3.63, 3.8) is 0 Å². The Morgan fingerprint density at radius 2 is 1.87 bits per heavy atom. The Hall–Kier alpha value is -4.08. The number of nitrogen functional groups attached to an aromatic ring is 1. The fourth-order valence-electron chi connectivity index (χ4n) is 5.84. The highest BCUT2D eigenvalue weighted by atomic mass is 35.5. The number of carboxylic acids is 1. The molecule has 5 rings (SSSR count). The van der Waals surface area contributed by atoms with Gasteiger partial charge in [0.2, 0.25) is 5.91 Å². The van der Waals surface area contributed by atoms with Crippen LogP contribution in [0.1, 0.15) is 61.9 Å². The van der Waals surface area contributed by atoms with Gasteiger partial charge in [-0.1, -0.05) is 47.0 Å². The van der Waals surface area contributed by atoms with E-state index in [0.29, 0.717) is 42.1 Å². The maximum Gasteiger partial charge on any atom is 0.409 e. The smallest absolute Gasteiger partial charge is 0.409 e. The molecule has 54 heavy (non-hydrogen) atoms. The highest BCUT2D eigenvalue weighted by Gasteiger charge is 2.45. The lowest BCUT2D eigenvalue weighted by molar-refractivity contribution is -0.141. The summed E-state index contributed by atoms with van der Waals surface area (Å²) in [6.45, 7) is 3.33. The average molecular weight is 816 g/mol. The predicted octanol–water partition coefficient (Wildman–Crippen LogP) is 6.35. The van der Waals surface area contributed by atoms with Crippen LogP contribution < -0.4 is 20.7 Å². The highest BCUT2D eigenvalue weighted by Crippen LogP contribution is 2.38. The van der Waals surface area contributed by atoms with Gasteiger partial charge in [0, 0.05) is 46.2 Å². The van der Waals surface area contributed by atoms with Gasteiger partial charge in [-0.3, -0.25) is 14.9 Å². The van der Waals surface area contributed by atoms with E-state index in [1.165, 1.54) is 20.4 Å². The largest absolute Gasteiger partial charge is 0.495 e. The number of carbonyl (C=O) groups is 4. The van der Waals surface area contributed by atoms with Crippen LogP contribution >= 0.6 is 34.8 Å². The van der Waals surface area contributed by atoms with Crippen LogP contribution in [0.2, 0.25) is 10.0 Å². The minimum absolute atomic E-state index is 0.0247. The van der Waals surface area contributed by atoms with E-state index in [0.717, 1.165) is 28.2 Å². The number of nitrogens with zero attached hydrogens (tertiary/aromatic N) is 2. The number of fused-ring (bicyclic) bond motifs is 5. The van der Waals surface area contributed by atoms with Crippen molar-refractivity contribution in [1.82, 2.24) is 10.2 Å². The summed E-state index contributed by atoms with van der Waals surface area (Å²) < 4.78 is 29.8. The Labute approximate surface area is 328 Å². The zero-order chi connectivity index (χ0) is 40.5. The molecule has 2 aromatic rings. The number of nitrogens with two attached hydrogens (primary N) is 1. The van der Waals surface area contributed by atoms with Crippen LogP contribution in [-0.2, 0) is 25.5 Å². The molecule has 4 bridgehead atoms. The van der Waals surface area contributed by atoms with Gasteiger partial charge in [-0.15, -0.1) is 11.6 Å². The summed E-state index contributed by atoms with van der Waals surface area (Å²) in [5.41, 5.74) is 6.25. The highest BCUT2D eigenvalue weighted by molar-refractivity contribution is 6.35. The lowest BCUT2D eigenvalue weighted by Crippen LogP contribution is -2.56. The van der Waals surface area contributed by atoms with Crippen LogP contribution in [0, 0.1) is 5.82 Å². The lowest BCUT2D eigenvalue weighted by atomic mass is 9.96. The van der Waals surface area contributed by atoms with E-state index in [1.54, 1.807) is 19.1 Å². The van der Waals surface area contributed by atoms with Gasteiger partial charge in [0.15, 0.2) is 0 Å². The van der Waals surface area contributed by atoms with Crippen molar-refractivity contribution < 1.29 is 48.0 Å². The number of rotatable bonds is 4. The monoisotopic (exact) mass is 814 g/mol. The molecule has 0 saturated carbocycles. The first kappa shape index (κ1) is 44.3. The lowest BCUT2D eigenvalue weighted by Gasteiger charge is -2.36. The van der Waals surface area contributed by atoms with Gasteiger partial charge >= 0.3 is 12.1 Å². The molecule has 3 aliphatic rings. The quantitative estimate of drug-likeness (QED) is 0.154. The fourth-order valence-corrected chi connectivity index (χ4v) is 6.41. The van der Waals surface area contributed by atoms with Gasteiger partial charge in [0.1, 0.15) is 34.5 Å². The standard InChI is InChI=1S/C25H31ClN2O6.C11H12ClFN2O3.CH3Cl/c1-15-6-4-5-9-25(31)14-17(33-24(30)27-25)13-20-19(34-20)7-8-22(29)28(2)18-11-16(10-15)12-21(32-3)23(18)26;1-5(11(17)18)15(2)10(16)6-3-8(13)9(14)4-7(6)12;1-2/h4-6,11-12,17,19-20,31H,7-10,13-14H2,1-3H3,(H,27,30);3-5H,14H2,1-2H3,(H,17,18);1H3/b5-4+,15-6+;;/t17?,19?,20?,25-;5-;/m10./s1. The molecule has 5 atom stereocenters. The van der Waals surface area contributed by atoms with Crippen LogP contribution in [0.3, 0.4) is 0 Å². The maximum atomic E-state index is 13.3. The van der Waals surface area contributed by atoms with Crippen molar-refractivity contribution in [2.24, 2.45) is 0 Å². The number of allylic oxidation sites excluding steroid dienone is 3. The van der Waals surface area contributed by atoms with Crippen LogP contribution in [0.4, 0.5) is 20.6 Å². The Kier molecular flexibility index (Phi) is 16.0. The molecular formula is C37H46Cl3FN4O9. The van der Waals surface area contributed by atoms with Crippen molar-refractivity contribution in [2.45, 2.75) is 82.5 Å².